The lowest BCUT2D eigenvalue weighted by Gasteiger charge is -2.40. The zero-order chi connectivity index (χ0) is 38.9. The van der Waals surface area contributed by atoms with Crippen LogP contribution in [0.2, 0.25) is 0 Å². The fourth-order valence-electron chi connectivity index (χ4n) is 9.66. The van der Waals surface area contributed by atoms with Gasteiger partial charge in [0.2, 0.25) is 0 Å². The molecule has 278 valence electrons. The smallest absolute Gasteiger partial charge is 0.132 e. The topological polar surface area (TPSA) is 15.7 Å². The van der Waals surface area contributed by atoms with E-state index in [1.165, 1.54) is 42.4 Å². The Labute approximate surface area is 347 Å². The summed E-state index contributed by atoms with van der Waals surface area (Å²) in [6.07, 6.45) is 0. The van der Waals surface area contributed by atoms with Gasteiger partial charge in [-0.2, -0.15) is 0 Å². The molecule has 9 aromatic carbocycles. The third-order valence-corrected chi connectivity index (χ3v) is 13.2. The van der Waals surface area contributed by atoms with Gasteiger partial charge in [0, 0.05) is 65.4 Å². The molecule has 10 aromatic rings. The van der Waals surface area contributed by atoms with Gasteiger partial charge in [-0.1, -0.05) is 127 Å². The molecule has 59 heavy (non-hydrogen) atoms. The van der Waals surface area contributed by atoms with Crippen LogP contribution in [0.4, 0.5) is 34.1 Å². The number of anilines is 6. The van der Waals surface area contributed by atoms with E-state index in [2.05, 4.69) is 228 Å². The highest BCUT2D eigenvalue weighted by Crippen LogP contribution is 2.62. The molecule has 2 heterocycles. The molecule has 0 bridgehead atoms. The van der Waals surface area contributed by atoms with Crippen LogP contribution in [0.25, 0.3) is 31.3 Å². The molecule has 1 aliphatic heterocycles. The second-order valence-electron chi connectivity index (χ2n) is 15.3. The van der Waals surface area contributed by atoms with Crippen molar-refractivity contribution in [3.63, 3.8) is 0 Å². The lowest BCUT2D eigenvalue weighted by Crippen LogP contribution is -2.32. The molecule has 0 saturated heterocycles. The van der Waals surface area contributed by atoms with Gasteiger partial charge in [0.1, 0.15) is 11.5 Å². The summed E-state index contributed by atoms with van der Waals surface area (Å²) < 4.78 is 9.43. The fourth-order valence-corrected chi connectivity index (χ4v) is 10.7. The third kappa shape index (κ3) is 5.13. The van der Waals surface area contributed by atoms with E-state index in [0.29, 0.717) is 0 Å². The van der Waals surface area contributed by atoms with E-state index >= 15 is 0 Å². The largest absolute Gasteiger partial charge is 0.457 e. The van der Waals surface area contributed by atoms with E-state index in [1.807, 2.05) is 11.3 Å². The number of hydrogen-bond acceptors (Lipinski definition) is 4. The van der Waals surface area contributed by atoms with Crippen molar-refractivity contribution in [3.05, 3.63) is 241 Å². The van der Waals surface area contributed by atoms with Crippen LogP contribution >= 0.6 is 11.3 Å². The van der Waals surface area contributed by atoms with Crippen LogP contribution in [-0.2, 0) is 5.41 Å². The molecule has 1 aliphatic carbocycles. The van der Waals surface area contributed by atoms with Gasteiger partial charge in [-0.25, -0.2) is 0 Å². The maximum absolute atomic E-state index is 6.86. The Morgan fingerprint density at radius 1 is 0.322 bits per heavy atom. The molecule has 4 heteroatoms. The van der Waals surface area contributed by atoms with Crippen LogP contribution in [0.3, 0.4) is 0 Å². The zero-order valence-electron chi connectivity index (χ0n) is 32.0. The Kier molecular flexibility index (Phi) is 7.62. The minimum Gasteiger partial charge on any atom is -0.457 e. The molecular weight excluding hydrogens is 737 g/mol. The summed E-state index contributed by atoms with van der Waals surface area (Å²) in [6, 6.07) is 79.0. The SMILES string of the molecule is c1ccc(N(c2ccccc2)c2cccc(N(c3ccc4c(c3)C3(c5ccccc5O4)c4ccccc4-c4ccccc43)c3ccc4sc5ccccc5c4c3)c2)cc1. The Morgan fingerprint density at radius 2 is 0.814 bits per heavy atom. The highest BCUT2D eigenvalue weighted by Gasteiger charge is 2.51. The molecule has 0 atom stereocenters. The molecular formula is C55H36N2OS. The lowest BCUT2D eigenvalue weighted by atomic mass is 9.66. The van der Waals surface area contributed by atoms with Crippen molar-refractivity contribution in [2.45, 2.75) is 5.41 Å². The summed E-state index contributed by atoms with van der Waals surface area (Å²) in [7, 11) is 0. The van der Waals surface area contributed by atoms with Gasteiger partial charge in [0.25, 0.3) is 0 Å². The van der Waals surface area contributed by atoms with Gasteiger partial charge < -0.3 is 14.5 Å². The number of thiophene rings is 1. The summed E-state index contributed by atoms with van der Waals surface area (Å²) in [5, 5.41) is 2.53. The number of ether oxygens (including phenoxy) is 1. The van der Waals surface area contributed by atoms with Gasteiger partial charge in [-0.05, 0) is 113 Å². The average Bonchev–Trinajstić information content (AvgIpc) is 3.82. The Balaban J connectivity index is 1.12. The number of para-hydroxylation sites is 3. The van der Waals surface area contributed by atoms with E-state index in [1.54, 1.807) is 0 Å². The predicted octanol–water partition coefficient (Wildman–Crippen LogP) is 15.5. The number of rotatable bonds is 6. The van der Waals surface area contributed by atoms with Crippen LogP contribution in [0.1, 0.15) is 22.3 Å². The molecule has 3 nitrogen and oxygen atoms in total. The minimum absolute atomic E-state index is 0.578. The monoisotopic (exact) mass is 772 g/mol. The molecule has 0 radical (unpaired) electrons. The first-order valence-electron chi connectivity index (χ1n) is 20.1. The van der Waals surface area contributed by atoms with Crippen LogP contribution in [-0.4, -0.2) is 0 Å². The molecule has 0 N–H and O–H groups in total. The first kappa shape index (κ1) is 33.7. The van der Waals surface area contributed by atoms with Crippen molar-refractivity contribution in [1.29, 1.82) is 0 Å². The molecule has 0 saturated carbocycles. The Bertz CT molecular complexity index is 3140. The molecule has 0 amide bonds. The molecule has 12 rings (SSSR count). The normalized spacial score (nSPS) is 13.0. The maximum Gasteiger partial charge on any atom is 0.132 e. The summed E-state index contributed by atoms with van der Waals surface area (Å²) in [4.78, 5) is 4.75. The van der Waals surface area contributed by atoms with E-state index in [-0.39, 0.29) is 0 Å². The van der Waals surface area contributed by atoms with E-state index in [9.17, 15) is 0 Å². The number of nitrogens with zero attached hydrogens (tertiary/aromatic N) is 2. The van der Waals surface area contributed by atoms with Gasteiger partial charge >= 0.3 is 0 Å². The molecule has 0 unspecified atom stereocenters. The van der Waals surface area contributed by atoms with Crippen molar-refractivity contribution in [3.8, 4) is 22.6 Å². The predicted molar refractivity (Wildman–Crippen MR) is 246 cm³/mol. The zero-order valence-corrected chi connectivity index (χ0v) is 32.8. The van der Waals surface area contributed by atoms with E-state index < -0.39 is 5.41 Å². The van der Waals surface area contributed by atoms with Crippen LogP contribution < -0.4 is 14.5 Å². The third-order valence-electron chi connectivity index (χ3n) is 12.1. The summed E-state index contributed by atoms with van der Waals surface area (Å²) >= 11 is 1.85. The van der Waals surface area contributed by atoms with E-state index in [0.717, 1.165) is 56.8 Å². The van der Waals surface area contributed by atoms with Crippen molar-refractivity contribution < 1.29 is 4.74 Å². The number of benzene rings is 9. The fraction of sp³-hybridized carbons (Fsp3) is 0.0182. The highest BCUT2D eigenvalue weighted by molar-refractivity contribution is 7.25. The van der Waals surface area contributed by atoms with E-state index in [4.69, 9.17) is 4.74 Å². The van der Waals surface area contributed by atoms with Gasteiger partial charge in [-0.3, -0.25) is 0 Å². The first-order chi connectivity index (χ1) is 29.3. The Hall–Kier alpha value is -7.40. The van der Waals surface area contributed by atoms with Crippen molar-refractivity contribution in [2.24, 2.45) is 0 Å². The summed E-state index contributed by atoms with van der Waals surface area (Å²) in [5.41, 5.74) is 13.2. The van der Waals surface area contributed by atoms with Crippen LogP contribution in [0.5, 0.6) is 11.5 Å². The van der Waals surface area contributed by atoms with Crippen LogP contribution in [0.15, 0.2) is 218 Å². The van der Waals surface area contributed by atoms with Gasteiger partial charge in [0.05, 0.1) is 5.41 Å². The lowest BCUT2D eigenvalue weighted by molar-refractivity contribution is 0.436. The highest BCUT2D eigenvalue weighted by atomic mass is 32.1. The number of hydrogen-bond donors (Lipinski definition) is 0. The van der Waals surface area contributed by atoms with Crippen molar-refractivity contribution in [2.75, 3.05) is 9.80 Å². The quantitative estimate of drug-likeness (QED) is 0.167. The molecule has 1 aromatic heterocycles. The van der Waals surface area contributed by atoms with Crippen molar-refractivity contribution in [1.82, 2.24) is 0 Å². The van der Waals surface area contributed by atoms with Crippen LogP contribution in [0, 0.1) is 0 Å². The Morgan fingerprint density at radius 3 is 1.53 bits per heavy atom. The first-order valence-corrected chi connectivity index (χ1v) is 20.9. The summed E-state index contributed by atoms with van der Waals surface area (Å²) in [5.74, 6) is 1.76. The second kappa shape index (κ2) is 13.3. The van der Waals surface area contributed by atoms with Crippen molar-refractivity contribution >= 4 is 65.6 Å². The molecule has 0 fully saturated rings. The average molecular weight is 773 g/mol. The number of fused-ring (bicyclic) bond motifs is 12. The standard InChI is InChI=1S/C55H36N2OS/c1-3-16-37(17-4-1)56(38-18-5-2-6-19-38)39-20-15-21-40(34-39)57(41-31-33-54-46(35-41)45-24-9-14-29-53(45)59-54)42-30-32-52-50(36-42)55(49-27-12-13-28-51(49)58-52)47-25-10-7-22-43(47)44-23-8-11-26-48(44)55/h1-36H. The van der Waals surface area contributed by atoms with Gasteiger partial charge in [0.15, 0.2) is 0 Å². The molecule has 1 spiro atoms. The van der Waals surface area contributed by atoms with Gasteiger partial charge in [-0.15, -0.1) is 11.3 Å². The second-order valence-corrected chi connectivity index (χ2v) is 16.3. The minimum atomic E-state index is -0.578. The molecule has 2 aliphatic rings. The summed E-state index contributed by atoms with van der Waals surface area (Å²) in [6.45, 7) is 0. The maximum atomic E-state index is 6.86.